The number of nitro benzene ring substituents is 1. The Bertz CT molecular complexity index is 533. The molecule has 0 aromatic heterocycles. The summed E-state index contributed by atoms with van der Waals surface area (Å²) in [5.74, 6) is 0.695. The molecular formula is C15H22N2O4. The minimum Gasteiger partial charge on any atom is -0.487 e. The minimum atomic E-state index is -0.366. The van der Waals surface area contributed by atoms with Crippen LogP contribution in [0.5, 0.6) is 5.75 Å². The van der Waals surface area contributed by atoms with Crippen LogP contribution in [-0.4, -0.2) is 36.8 Å². The molecule has 6 heteroatoms. The van der Waals surface area contributed by atoms with E-state index in [0.717, 1.165) is 18.5 Å². The van der Waals surface area contributed by atoms with Gasteiger partial charge in [0.1, 0.15) is 18.0 Å². The van der Waals surface area contributed by atoms with Crippen molar-refractivity contribution in [2.24, 2.45) is 0 Å². The van der Waals surface area contributed by atoms with Crippen molar-refractivity contribution in [3.8, 4) is 5.75 Å². The molecule has 0 aliphatic heterocycles. The fourth-order valence-corrected chi connectivity index (χ4v) is 2.74. The summed E-state index contributed by atoms with van der Waals surface area (Å²) in [5.41, 5.74) is 1.51. The number of methoxy groups -OCH3 is 1. The van der Waals surface area contributed by atoms with Gasteiger partial charge in [-0.1, -0.05) is 6.92 Å². The van der Waals surface area contributed by atoms with Crippen molar-refractivity contribution < 1.29 is 14.4 Å². The maximum absolute atomic E-state index is 10.9. The molecule has 1 aliphatic carbocycles. The molecule has 116 valence electrons. The van der Waals surface area contributed by atoms with Gasteiger partial charge in [-0.15, -0.1) is 0 Å². The number of nitrogens with zero attached hydrogens (tertiary/aromatic N) is 1. The lowest BCUT2D eigenvalue weighted by Gasteiger charge is -2.43. The highest BCUT2D eigenvalue weighted by atomic mass is 16.6. The van der Waals surface area contributed by atoms with Crippen LogP contribution in [0.25, 0.3) is 0 Å². The van der Waals surface area contributed by atoms with Crippen molar-refractivity contribution >= 4 is 5.69 Å². The third-order valence-electron chi connectivity index (χ3n) is 3.96. The molecule has 1 aromatic rings. The Labute approximate surface area is 124 Å². The van der Waals surface area contributed by atoms with Crippen LogP contribution in [0.2, 0.25) is 0 Å². The van der Waals surface area contributed by atoms with Gasteiger partial charge in [-0.2, -0.15) is 0 Å². The number of nitro groups is 1. The van der Waals surface area contributed by atoms with E-state index in [-0.39, 0.29) is 22.8 Å². The SMILES string of the molecule is CCNC1CC(Oc2cc(C)c([N+](=O)[O-])cc2C)C1OC. The zero-order chi connectivity index (χ0) is 15.6. The fraction of sp³-hybridized carbons (Fsp3) is 0.600. The van der Waals surface area contributed by atoms with Gasteiger partial charge in [-0.3, -0.25) is 10.1 Å². The molecule has 1 aromatic carbocycles. The monoisotopic (exact) mass is 294 g/mol. The average molecular weight is 294 g/mol. The predicted octanol–water partition coefficient (Wildman–Crippen LogP) is 2.36. The number of ether oxygens (including phenoxy) is 2. The third kappa shape index (κ3) is 3.16. The summed E-state index contributed by atoms with van der Waals surface area (Å²) in [6, 6.07) is 3.61. The lowest BCUT2D eigenvalue weighted by molar-refractivity contribution is -0.385. The molecule has 0 bridgehead atoms. The van der Waals surface area contributed by atoms with Gasteiger partial charge in [-0.25, -0.2) is 0 Å². The quantitative estimate of drug-likeness (QED) is 0.644. The Morgan fingerprint density at radius 2 is 2.10 bits per heavy atom. The largest absolute Gasteiger partial charge is 0.487 e. The van der Waals surface area contributed by atoms with Crippen LogP contribution < -0.4 is 10.1 Å². The van der Waals surface area contributed by atoms with E-state index < -0.39 is 0 Å². The van der Waals surface area contributed by atoms with E-state index in [1.54, 1.807) is 26.2 Å². The van der Waals surface area contributed by atoms with Gasteiger partial charge < -0.3 is 14.8 Å². The minimum absolute atomic E-state index is 0.0137. The molecule has 6 nitrogen and oxygen atoms in total. The molecule has 2 rings (SSSR count). The number of hydrogen-bond donors (Lipinski definition) is 1. The second-order valence-corrected chi connectivity index (χ2v) is 5.42. The summed E-state index contributed by atoms with van der Waals surface area (Å²) in [6.07, 6.45) is 0.875. The van der Waals surface area contributed by atoms with E-state index in [4.69, 9.17) is 9.47 Å². The molecule has 3 unspecified atom stereocenters. The van der Waals surface area contributed by atoms with E-state index in [1.165, 1.54) is 0 Å². The molecule has 1 aliphatic rings. The molecule has 0 saturated heterocycles. The Morgan fingerprint density at radius 1 is 1.38 bits per heavy atom. The number of hydrogen-bond acceptors (Lipinski definition) is 5. The Morgan fingerprint density at radius 3 is 2.67 bits per heavy atom. The van der Waals surface area contributed by atoms with Crippen LogP contribution >= 0.6 is 0 Å². The molecule has 1 fully saturated rings. The fourth-order valence-electron chi connectivity index (χ4n) is 2.74. The molecule has 0 radical (unpaired) electrons. The van der Waals surface area contributed by atoms with Gasteiger partial charge in [0.15, 0.2) is 0 Å². The van der Waals surface area contributed by atoms with Gasteiger partial charge in [-0.05, 0) is 32.0 Å². The second-order valence-electron chi connectivity index (χ2n) is 5.42. The van der Waals surface area contributed by atoms with Crippen molar-refractivity contribution in [3.63, 3.8) is 0 Å². The highest BCUT2D eigenvalue weighted by Crippen LogP contribution is 2.33. The number of aryl methyl sites for hydroxylation is 2. The van der Waals surface area contributed by atoms with E-state index in [2.05, 4.69) is 12.2 Å². The first-order valence-electron chi connectivity index (χ1n) is 7.16. The van der Waals surface area contributed by atoms with Gasteiger partial charge in [0, 0.05) is 31.2 Å². The van der Waals surface area contributed by atoms with E-state index in [1.807, 2.05) is 6.92 Å². The molecular weight excluding hydrogens is 272 g/mol. The van der Waals surface area contributed by atoms with Crippen LogP contribution in [-0.2, 0) is 4.74 Å². The molecule has 0 amide bonds. The molecule has 1 saturated carbocycles. The lowest BCUT2D eigenvalue weighted by Crippen LogP contribution is -2.60. The maximum atomic E-state index is 10.9. The first-order valence-corrected chi connectivity index (χ1v) is 7.16. The van der Waals surface area contributed by atoms with Crippen molar-refractivity contribution in [1.29, 1.82) is 0 Å². The molecule has 0 spiro atoms. The van der Waals surface area contributed by atoms with Gasteiger partial charge in [0.25, 0.3) is 5.69 Å². The molecule has 3 atom stereocenters. The van der Waals surface area contributed by atoms with E-state index in [9.17, 15) is 10.1 Å². The van der Waals surface area contributed by atoms with Crippen molar-refractivity contribution in [2.45, 2.75) is 45.4 Å². The summed E-state index contributed by atoms with van der Waals surface area (Å²) < 4.78 is 11.5. The Kier molecular flexibility index (Phi) is 4.80. The van der Waals surface area contributed by atoms with Gasteiger partial charge in [0.05, 0.1) is 4.92 Å². The Balaban J connectivity index is 2.10. The third-order valence-corrected chi connectivity index (χ3v) is 3.96. The normalized spacial score (nSPS) is 24.5. The number of likely N-dealkylation sites (N-methyl/N-ethyl adjacent to an activating group) is 1. The zero-order valence-electron chi connectivity index (χ0n) is 12.9. The van der Waals surface area contributed by atoms with Crippen molar-refractivity contribution in [2.75, 3.05) is 13.7 Å². The standard InChI is InChI=1S/C15H22N2O4/c1-5-16-11-8-14(15(11)20-4)21-13-7-9(2)12(17(18)19)6-10(13)3/h6-7,11,14-16H,5,8H2,1-4H3. The highest BCUT2D eigenvalue weighted by molar-refractivity contribution is 5.49. The lowest BCUT2D eigenvalue weighted by atomic mass is 9.85. The Hall–Kier alpha value is -1.66. The summed E-state index contributed by atoms with van der Waals surface area (Å²) >= 11 is 0. The van der Waals surface area contributed by atoms with Crippen molar-refractivity contribution in [1.82, 2.24) is 5.32 Å². The zero-order valence-corrected chi connectivity index (χ0v) is 12.9. The van der Waals surface area contributed by atoms with Crippen LogP contribution in [0.3, 0.4) is 0 Å². The molecule has 1 N–H and O–H groups in total. The first-order chi connectivity index (χ1) is 9.97. The topological polar surface area (TPSA) is 73.6 Å². The number of benzene rings is 1. The average Bonchev–Trinajstić information content (AvgIpc) is 2.40. The van der Waals surface area contributed by atoms with E-state index in [0.29, 0.717) is 17.4 Å². The highest BCUT2D eigenvalue weighted by Gasteiger charge is 2.43. The number of rotatable bonds is 6. The number of nitrogens with one attached hydrogen (secondary N) is 1. The van der Waals surface area contributed by atoms with Crippen LogP contribution in [0.1, 0.15) is 24.5 Å². The maximum Gasteiger partial charge on any atom is 0.272 e. The second kappa shape index (κ2) is 6.41. The smallest absolute Gasteiger partial charge is 0.272 e. The van der Waals surface area contributed by atoms with Gasteiger partial charge in [0.2, 0.25) is 0 Å². The summed E-state index contributed by atoms with van der Waals surface area (Å²) in [5, 5.41) is 14.3. The molecule has 21 heavy (non-hydrogen) atoms. The summed E-state index contributed by atoms with van der Waals surface area (Å²) in [4.78, 5) is 10.6. The van der Waals surface area contributed by atoms with Crippen LogP contribution in [0.15, 0.2) is 12.1 Å². The summed E-state index contributed by atoms with van der Waals surface area (Å²) in [6.45, 7) is 6.50. The van der Waals surface area contributed by atoms with Crippen LogP contribution in [0.4, 0.5) is 5.69 Å². The predicted molar refractivity (Wildman–Crippen MR) is 79.9 cm³/mol. The molecule has 0 heterocycles. The summed E-state index contributed by atoms with van der Waals surface area (Å²) in [7, 11) is 1.68. The van der Waals surface area contributed by atoms with Crippen LogP contribution in [0, 0.1) is 24.0 Å². The van der Waals surface area contributed by atoms with Crippen molar-refractivity contribution in [3.05, 3.63) is 33.4 Å². The first kappa shape index (κ1) is 15.7. The van der Waals surface area contributed by atoms with Gasteiger partial charge >= 0.3 is 0 Å². The van der Waals surface area contributed by atoms with E-state index >= 15 is 0 Å².